The second-order valence-electron chi connectivity index (χ2n) is 4.42. The molecule has 0 fully saturated rings. The molecule has 110 valence electrons. The first kappa shape index (κ1) is 15.8. The molecule has 0 bridgehead atoms. The summed E-state index contributed by atoms with van der Waals surface area (Å²) in [4.78, 5) is 20.7. The van der Waals surface area contributed by atoms with Gasteiger partial charge in [0.2, 0.25) is 0 Å². The Morgan fingerprint density at radius 2 is 2.15 bits per heavy atom. The van der Waals surface area contributed by atoms with Crippen LogP contribution in [0.15, 0.2) is 12.1 Å². The third-order valence-corrected chi connectivity index (χ3v) is 2.51. The first-order valence-corrected chi connectivity index (χ1v) is 5.46. The minimum Gasteiger partial charge on any atom is -0.478 e. The van der Waals surface area contributed by atoms with E-state index < -0.39 is 40.2 Å². The van der Waals surface area contributed by atoms with E-state index in [2.05, 4.69) is 5.32 Å². The maximum atomic E-state index is 13.5. The van der Waals surface area contributed by atoms with Crippen molar-refractivity contribution in [3.63, 3.8) is 0 Å². The van der Waals surface area contributed by atoms with Gasteiger partial charge in [-0.05, 0) is 6.92 Å². The van der Waals surface area contributed by atoms with E-state index in [0.717, 1.165) is 0 Å². The lowest BCUT2D eigenvalue weighted by Crippen LogP contribution is -2.37. The number of aromatic carboxylic acids is 1. The second-order valence-corrected chi connectivity index (χ2v) is 4.42. The molecule has 1 aromatic rings. The summed E-state index contributed by atoms with van der Waals surface area (Å²) in [7, 11) is 0. The maximum absolute atomic E-state index is 13.5. The van der Waals surface area contributed by atoms with Crippen LogP contribution in [0.3, 0.4) is 0 Å². The molecule has 0 aliphatic heterocycles. The van der Waals surface area contributed by atoms with Crippen molar-refractivity contribution in [2.75, 3.05) is 18.5 Å². The smallest absolute Gasteiger partial charge is 0.338 e. The Labute approximate surface area is 112 Å². The van der Waals surface area contributed by atoms with E-state index in [9.17, 15) is 24.4 Å². The van der Waals surface area contributed by atoms with Crippen molar-refractivity contribution in [1.82, 2.24) is 0 Å². The average molecular weight is 288 g/mol. The van der Waals surface area contributed by atoms with Crippen LogP contribution >= 0.6 is 0 Å². The molecule has 0 spiro atoms. The van der Waals surface area contributed by atoms with Crippen LogP contribution in [0.2, 0.25) is 0 Å². The zero-order valence-electron chi connectivity index (χ0n) is 10.5. The van der Waals surface area contributed by atoms with Crippen LogP contribution in [-0.2, 0) is 0 Å². The van der Waals surface area contributed by atoms with Gasteiger partial charge in [0.15, 0.2) is 0 Å². The lowest BCUT2D eigenvalue weighted by atomic mass is 10.1. The molecule has 1 unspecified atom stereocenters. The number of rotatable bonds is 6. The van der Waals surface area contributed by atoms with Crippen LogP contribution in [0.4, 0.5) is 15.8 Å². The summed E-state index contributed by atoms with van der Waals surface area (Å²) in [5.41, 5.74) is -3.31. The van der Waals surface area contributed by atoms with Crippen LogP contribution in [0.1, 0.15) is 17.3 Å². The van der Waals surface area contributed by atoms with Crippen molar-refractivity contribution >= 4 is 17.3 Å². The Kier molecular flexibility index (Phi) is 4.58. The van der Waals surface area contributed by atoms with Crippen molar-refractivity contribution in [3.05, 3.63) is 33.6 Å². The molecule has 8 nitrogen and oxygen atoms in total. The number of nitrogens with zero attached hydrogens (tertiary/aromatic N) is 1. The van der Waals surface area contributed by atoms with Gasteiger partial charge >= 0.3 is 5.97 Å². The Hall–Kier alpha value is -2.26. The SMILES string of the molecule is CC(O)(CO)CNc1cc(F)c(C(=O)O)cc1[N+](=O)[O-]. The minimum atomic E-state index is -1.63. The quantitative estimate of drug-likeness (QED) is 0.444. The van der Waals surface area contributed by atoms with Gasteiger partial charge in [0.25, 0.3) is 5.69 Å². The van der Waals surface area contributed by atoms with Crippen LogP contribution in [0, 0.1) is 15.9 Å². The first-order valence-electron chi connectivity index (χ1n) is 5.46. The highest BCUT2D eigenvalue weighted by atomic mass is 19.1. The largest absolute Gasteiger partial charge is 0.478 e. The van der Waals surface area contributed by atoms with Gasteiger partial charge in [0.1, 0.15) is 22.7 Å². The van der Waals surface area contributed by atoms with Crippen molar-refractivity contribution in [2.45, 2.75) is 12.5 Å². The van der Waals surface area contributed by atoms with Gasteiger partial charge in [-0.2, -0.15) is 0 Å². The highest BCUT2D eigenvalue weighted by Gasteiger charge is 2.24. The zero-order chi connectivity index (χ0) is 15.5. The summed E-state index contributed by atoms with van der Waals surface area (Å²) in [5, 5.41) is 40.4. The number of carboxylic acids is 1. The molecular weight excluding hydrogens is 275 g/mol. The lowest BCUT2D eigenvalue weighted by Gasteiger charge is -2.21. The third-order valence-electron chi connectivity index (χ3n) is 2.51. The van der Waals surface area contributed by atoms with Gasteiger partial charge in [-0.3, -0.25) is 10.1 Å². The number of anilines is 1. The molecule has 1 rings (SSSR count). The Bertz CT molecular complexity index is 546. The zero-order valence-corrected chi connectivity index (χ0v) is 10.5. The summed E-state index contributed by atoms with van der Waals surface area (Å²) in [6, 6.07) is 1.25. The Morgan fingerprint density at radius 1 is 1.55 bits per heavy atom. The number of nitro benzene ring substituents is 1. The van der Waals surface area contributed by atoms with Crippen LogP contribution in [-0.4, -0.2) is 45.0 Å². The van der Waals surface area contributed by atoms with Crippen molar-refractivity contribution < 1.29 is 29.4 Å². The summed E-state index contributed by atoms with van der Waals surface area (Å²) in [6.07, 6.45) is 0. The van der Waals surface area contributed by atoms with Crippen LogP contribution in [0.25, 0.3) is 0 Å². The Balaban J connectivity index is 3.16. The van der Waals surface area contributed by atoms with E-state index in [1.165, 1.54) is 6.92 Å². The molecular formula is C11H13FN2O6. The van der Waals surface area contributed by atoms with Gasteiger partial charge in [-0.25, -0.2) is 9.18 Å². The highest BCUT2D eigenvalue weighted by Crippen LogP contribution is 2.28. The number of hydrogen-bond donors (Lipinski definition) is 4. The van der Waals surface area contributed by atoms with Gasteiger partial charge in [0, 0.05) is 18.7 Å². The molecule has 1 atom stereocenters. The number of halogens is 1. The lowest BCUT2D eigenvalue weighted by molar-refractivity contribution is -0.384. The van der Waals surface area contributed by atoms with Gasteiger partial charge < -0.3 is 20.6 Å². The second kappa shape index (κ2) is 5.80. The average Bonchev–Trinajstić information content (AvgIpc) is 2.35. The Morgan fingerprint density at radius 3 is 2.60 bits per heavy atom. The number of nitrogens with one attached hydrogen (secondary N) is 1. The third kappa shape index (κ3) is 3.62. The van der Waals surface area contributed by atoms with E-state index in [0.29, 0.717) is 12.1 Å². The van der Waals surface area contributed by atoms with Crippen molar-refractivity contribution in [3.8, 4) is 0 Å². The number of carbonyl (C=O) groups is 1. The summed E-state index contributed by atoms with van der Waals surface area (Å²) in [5.74, 6) is -2.77. The highest BCUT2D eigenvalue weighted by molar-refractivity contribution is 5.90. The van der Waals surface area contributed by atoms with Gasteiger partial charge in [-0.15, -0.1) is 0 Å². The standard InChI is InChI=1S/C11H13FN2O6/c1-11(18,5-15)4-13-8-3-7(12)6(10(16)17)2-9(8)14(19)20/h2-3,13,15,18H,4-5H2,1H3,(H,16,17). The molecule has 0 amide bonds. The molecule has 9 heteroatoms. The number of aliphatic hydroxyl groups excluding tert-OH is 1. The molecule has 0 saturated heterocycles. The van der Waals surface area contributed by atoms with Crippen LogP contribution in [0.5, 0.6) is 0 Å². The molecule has 0 radical (unpaired) electrons. The normalized spacial score (nSPS) is 13.6. The predicted octanol–water partition coefficient (Wildman–Crippen LogP) is 0.587. The molecule has 4 N–H and O–H groups in total. The summed E-state index contributed by atoms with van der Waals surface area (Å²) in [6.45, 7) is 0.382. The fourth-order valence-electron chi connectivity index (χ4n) is 1.36. The van der Waals surface area contributed by atoms with E-state index >= 15 is 0 Å². The molecule has 0 aromatic heterocycles. The van der Waals surface area contributed by atoms with Gasteiger partial charge in [-0.1, -0.05) is 0 Å². The van der Waals surface area contributed by atoms with Gasteiger partial charge in [0.05, 0.1) is 11.5 Å². The minimum absolute atomic E-state index is 0.282. The van der Waals surface area contributed by atoms with E-state index in [4.69, 9.17) is 10.2 Å². The molecule has 20 heavy (non-hydrogen) atoms. The maximum Gasteiger partial charge on any atom is 0.338 e. The molecule has 0 saturated carbocycles. The number of aliphatic hydroxyl groups is 2. The van der Waals surface area contributed by atoms with E-state index in [1.54, 1.807) is 0 Å². The van der Waals surface area contributed by atoms with Crippen molar-refractivity contribution in [2.24, 2.45) is 0 Å². The number of benzene rings is 1. The molecule has 0 aliphatic rings. The topological polar surface area (TPSA) is 133 Å². The number of nitro groups is 1. The fourth-order valence-corrected chi connectivity index (χ4v) is 1.36. The fraction of sp³-hybridized carbons (Fsp3) is 0.364. The molecule has 0 heterocycles. The monoisotopic (exact) mass is 288 g/mol. The molecule has 0 aliphatic carbocycles. The summed E-state index contributed by atoms with van der Waals surface area (Å²) < 4.78 is 13.5. The number of hydrogen-bond acceptors (Lipinski definition) is 6. The van der Waals surface area contributed by atoms with Crippen LogP contribution < -0.4 is 5.32 Å². The molecule has 1 aromatic carbocycles. The predicted molar refractivity (Wildman–Crippen MR) is 66.2 cm³/mol. The summed E-state index contributed by atoms with van der Waals surface area (Å²) >= 11 is 0. The first-order chi connectivity index (χ1) is 9.18. The van der Waals surface area contributed by atoms with E-state index in [1.807, 2.05) is 0 Å². The van der Waals surface area contributed by atoms with E-state index in [-0.39, 0.29) is 12.2 Å². The van der Waals surface area contributed by atoms with Crippen molar-refractivity contribution in [1.29, 1.82) is 0 Å². The number of carboxylic acid groups (broad SMARTS) is 1.